The predicted molar refractivity (Wildman–Crippen MR) is 148 cm³/mol. The van der Waals surface area contributed by atoms with Crippen LogP contribution < -0.4 is 5.32 Å². The minimum absolute atomic E-state index is 0.0562. The molecule has 2 saturated heterocycles. The van der Waals surface area contributed by atoms with Crippen LogP contribution in [0.15, 0.2) is 77.3 Å². The Morgan fingerprint density at radius 1 is 1.03 bits per heavy atom. The molecule has 3 amide bonds. The van der Waals surface area contributed by atoms with E-state index in [1.54, 1.807) is 53.4 Å². The van der Waals surface area contributed by atoms with Crippen LogP contribution in [0.5, 0.6) is 5.75 Å². The highest BCUT2D eigenvalue weighted by Gasteiger charge is 2.52. The summed E-state index contributed by atoms with van der Waals surface area (Å²) >= 11 is 3.37. The van der Waals surface area contributed by atoms with Crippen molar-refractivity contribution in [2.24, 2.45) is 0 Å². The van der Waals surface area contributed by atoms with Gasteiger partial charge < -0.3 is 20.2 Å². The molecule has 3 unspecified atom stereocenters. The Kier molecular flexibility index (Phi) is 7.52. The molecule has 9 heteroatoms. The van der Waals surface area contributed by atoms with E-state index in [4.69, 9.17) is 0 Å². The van der Waals surface area contributed by atoms with Gasteiger partial charge >= 0.3 is 0 Å². The molecule has 0 bridgehead atoms. The molecule has 2 N–H and O–H groups in total. The number of nitrogens with one attached hydrogen (secondary N) is 1. The number of hydrogen-bond donors (Lipinski definition) is 2. The van der Waals surface area contributed by atoms with Crippen molar-refractivity contribution in [2.45, 2.75) is 37.9 Å². The Balaban J connectivity index is 1.39. The lowest BCUT2D eigenvalue weighted by molar-refractivity contribution is -0.138. The molecule has 8 nitrogen and oxygen atoms in total. The zero-order chi connectivity index (χ0) is 27.7. The summed E-state index contributed by atoms with van der Waals surface area (Å²) in [6.45, 7) is 2.10. The molecule has 3 atom stereocenters. The van der Waals surface area contributed by atoms with Gasteiger partial charge in [0, 0.05) is 28.6 Å². The fourth-order valence-electron chi connectivity index (χ4n) is 5.45. The number of amides is 3. The number of halogens is 1. The number of aryl methyl sites for hydroxylation is 1. The van der Waals surface area contributed by atoms with Crippen molar-refractivity contribution in [2.75, 3.05) is 13.1 Å². The molecule has 2 heterocycles. The molecule has 0 aromatic heterocycles. The van der Waals surface area contributed by atoms with Crippen molar-refractivity contribution in [1.82, 2.24) is 15.1 Å². The number of ketones is 1. The number of fused-ring (bicyclic) bond motifs is 1. The Bertz CT molecular complexity index is 1440. The summed E-state index contributed by atoms with van der Waals surface area (Å²) in [5.74, 6) is -1.10. The minimum Gasteiger partial charge on any atom is -0.508 e. The maximum absolute atomic E-state index is 13.9. The minimum atomic E-state index is -0.950. The smallest absolute Gasteiger partial charge is 0.254 e. The number of likely N-dealkylation sites (tertiary alicyclic amines) is 2. The van der Waals surface area contributed by atoms with Gasteiger partial charge in [-0.3, -0.25) is 19.2 Å². The average Bonchev–Trinajstić information content (AvgIpc) is 3.50. The highest BCUT2D eigenvalue weighted by atomic mass is 79.9. The molecular formula is C30H28BrN3O5. The largest absolute Gasteiger partial charge is 0.508 e. The molecule has 2 aliphatic heterocycles. The fourth-order valence-corrected chi connectivity index (χ4v) is 5.85. The molecule has 0 saturated carbocycles. The summed E-state index contributed by atoms with van der Waals surface area (Å²) in [6, 6.07) is 18.4. The lowest BCUT2D eigenvalue weighted by atomic mass is 10.0. The number of benzene rings is 3. The van der Waals surface area contributed by atoms with Gasteiger partial charge in [0.1, 0.15) is 17.8 Å². The number of carbonyl (C=O) groups is 4. The Hall–Kier alpha value is -3.98. The predicted octanol–water partition coefficient (Wildman–Crippen LogP) is 3.50. The van der Waals surface area contributed by atoms with E-state index in [0.717, 1.165) is 15.6 Å². The second kappa shape index (κ2) is 11.0. The standard InChI is InChI=1S/C30H28BrN3O5/c1-18-5-2-3-8-23(18)29(38)34-17-26(36)27-25(34)13-14-33(27)30(39)24(15-19-9-11-22(35)12-10-19)32-28(37)20-6-4-7-21(31)16-20/h2-12,16,24-25,27,35H,13-15,17H2,1H3,(H,32,37). The van der Waals surface area contributed by atoms with Crippen LogP contribution in [0, 0.1) is 6.92 Å². The van der Waals surface area contributed by atoms with Crippen LogP contribution in [-0.4, -0.2) is 69.6 Å². The Morgan fingerprint density at radius 3 is 2.49 bits per heavy atom. The Labute approximate surface area is 234 Å². The molecule has 0 aliphatic carbocycles. The van der Waals surface area contributed by atoms with E-state index in [-0.39, 0.29) is 36.3 Å². The lowest BCUT2D eigenvalue weighted by Gasteiger charge is -2.28. The van der Waals surface area contributed by atoms with Crippen molar-refractivity contribution in [3.05, 3.63) is 99.5 Å². The van der Waals surface area contributed by atoms with E-state index < -0.39 is 24.0 Å². The lowest BCUT2D eigenvalue weighted by Crippen LogP contribution is -2.53. The van der Waals surface area contributed by atoms with Gasteiger partial charge in [0.2, 0.25) is 5.91 Å². The molecular weight excluding hydrogens is 562 g/mol. The third kappa shape index (κ3) is 5.45. The van der Waals surface area contributed by atoms with Crippen LogP contribution in [0.4, 0.5) is 0 Å². The van der Waals surface area contributed by atoms with Crippen LogP contribution in [0.2, 0.25) is 0 Å². The van der Waals surface area contributed by atoms with E-state index in [9.17, 15) is 24.3 Å². The molecule has 0 spiro atoms. The van der Waals surface area contributed by atoms with Gasteiger partial charge in [0.25, 0.3) is 11.8 Å². The van der Waals surface area contributed by atoms with Gasteiger partial charge in [0.05, 0.1) is 12.6 Å². The molecule has 5 rings (SSSR count). The van der Waals surface area contributed by atoms with Crippen molar-refractivity contribution < 1.29 is 24.3 Å². The summed E-state index contributed by atoms with van der Waals surface area (Å²) < 4.78 is 0.730. The van der Waals surface area contributed by atoms with E-state index in [1.165, 1.54) is 17.0 Å². The van der Waals surface area contributed by atoms with Crippen molar-refractivity contribution >= 4 is 39.4 Å². The Morgan fingerprint density at radius 2 is 1.77 bits per heavy atom. The zero-order valence-electron chi connectivity index (χ0n) is 21.3. The molecule has 3 aromatic carbocycles. The molecule has 3 aromatic rings. The number of hydrogen-bond acceptors (Lipinski definition) is 5. The van der Waals surface area contributed by atoms with Gasteiger partial charge in [-0.1, -0.05) is 52.3 Å². The monoisotopic (exact) mass is 589 g/mol. The average molecular weight is 590 g/mol. The van der Waals surface area contributed by atoms with Crippen LogP contribution in [-0.2, 0) is 16.0 Å². The van der Waals surface area contributed by atoms with Gasteiger partial charge in [-0.05, 0) is 60.9 Å². The number of nitrogens with zero attached hydrogens (tertiary/aromatic N) is 2. The summed E-state index contributed by atoms with van der Waals surface area (Å²) in [4.78, 5) is 56.7. The molecule has 0 radical (unpaired) electrons. The van der Waals surface area contributed by atoms with Crippen LogP contribution >= 0.6 is 15.9 Å². The van der Waals surface area contributed by atoms with Gasteiger partial charge in [0.15, 0.2) is 5.78 Å². The van der Waals surface area contributed by atoms with Crippen LogP contribution in [0.1, 0.15) is 38.3 Å². The van der Waals surface area contributed by atoms with E-state index in [1.807, 2.05) is 19.1 Å². The number of phenolic OH excluding ortho intramolecular Hbond substituents is 1. The topological polar surface area (TPSA) is 107 Å². The van der Waals surface area contributed by atoms with Crippen molar-refractivity contribution in [3.8, 4) is 5.75 Å². The first kappa shape index (κ1) is 26.6. The SMILES string of the molecule is Cc1ccccc1C(=O)N1CC(=O)C2C1CCN2C(=O)C(Cc1ccc(O)cc1)NC(=O)c1cccc(Br)c1. The first-order chi connectivity index (χ1) is 18.7. The van der Waals surface area contributed by atoms with Crippen LogP contribution in [0.25, 0.3) is 0 Å². The van der Waals surface area contributed by atoms with Gasteiger partial charge in [-0.25, -0.2) is 0 Å². The fraction of sp³-hybridized carbons (Fsp3) is 0.267. The summed E-state index contributed by atoms with van der Waals surface area (Å²) in [5.41, 5.74) is 2.50. The normalized spacial score (nSPS) is 19.1. The molecule has 39 heavy (non-hydrogen) atoms. The third-order valence-electron chi connectivity index (χ3n) is 7.41. The number of aromatic hydroxyl groups is 1. The van der Waals surface area contributed by atoms with E-state index >= 15 is 0 Å². The summed E-state index contributed by atoms with van der Waals surface area (Å²) in [7, 11) is 0. The van der Waals surface area contributed by atoms with Crippen molar-refractivity contribution in [1.29, 1.82) is 0 Å². The van der Waals surface area contributed by atoms with Crippen molar-refractivity contribution in [3.63, 3.8) is 0 Å². The maximum Gasteiger partial charge on any atom is 0.254 e. The van der Waals surface area contributed by atoms with Crippen LogP contribution in [0.3, 0.4) is 0 Å². The second-order valence-electron chi connectivity index (χ2n) is 9.95. The highest BCUT2D eigenvalue weighted by molar-refractivity contribution is 9.10. The zero-order valence-corrected chi connectivity index (χ0v) is 22.9. The quantitative estimate of drug-likeness (QED) is 0.457. The highest BCUT2D eigenvalue weighted by Crippen LogP contribution is 2.32. The first-order valence-electron chi connectivity index (χ1n) is 12.8. The molecule has 200 valence electrons. The van der Waals surface area contributed by atoms with Gasteiger partial charge in [-0.15, -0.1) is 0 Å². The number of rotatable bonds is 6. The molecule has 2 aliphatic rings. The van der Waals surface area contributed by atoms with E-state index in [2.05, 4.69) is 21.2 Å². The van der Waals surface area contributed by atoms with Gasteiger partial charge in [-0.2, -0.15) is 0 Å². The maximum atomic E-state index is 13.9. The van der Waals surface area contributed by atoms with E-state index in [0.29, 0.717) is 24.1 Å². The third-order valence-corrected chi connectivity index (χ3v) is 7.90. The second-order valence-corrected chi connectivity index (χ2v) is 10.9. The number of carbonyl (C=O) groups excluding carboxylic acids is 4. The number of phenols is 1. The number of Topliss-reactive ketones (excluding diaryl/α,β-unsaturated/α-hetero) is 1. The summed E-state index contributed by atoms with van der Waals surface area (Å²) in [5, 5.41) is 12.5. The first-order valence-corrected chi connectivity index (χ1v) is 13.6. The summed E-state index contributed by atoms with van der Waals surface area (Å²) in [6.07, 6.45) is 0.651. The molecule has 2 fully saturated rings.